The van der Waals surface area contributed by atoms with Gasteiger partial charge in [-0.3, -0.25) is 14.4 Å². The lowest BCUT2D eigenvalue weighted by molar-refractivity contribution is -0.135. The van der Waals surface area contributed by atoms with Gasteiger partial charge in [0.15, 0.2) is 11.5 Å². The zero-order valence-electron chi connectivity index (χ0n) is 17.9. The molecular formula is C24H23N3O6. The number of rotatable bonds is 5. The second-order valence-electron chi connectivity index (χ2n) is 7.82. The van der Waals surface area contributed by atoms with Gasteiger partial charge in [0.05, 0.1) is 18.8 Å². The predicted octanol–water partition coefficient (Wildman–Crippen LogP) is 2.09. The van der Waals surface area contributed by atoms with Crippen LogP contribution in [-0.2, 0) is 20.9 Å². The van der Waals surface area contributed by atoms with E-state index in [0.717, 1.165) is 5.52 Å². The smallest absolute Gasteiger partial charge is 0.296 e. The summed E-state index contributed by atoms with van der Waals surface area (Å²) in [5.74, 6) is -0.394. The van der Waals surface area contributed by atoms with Gasteiger partial charge in [0.25, 0.3) is 11.7 Å². The van der Waals surface area contributed by atoms with Crippen LogP contribution >= 0.6 is 0 Å². The number of para-hydroxylation sites is 1. The van der Waals surface area contributed by atoms with Crippen LogP contribution in [0.4, 0.5) is 5.69 Å². The number of morpholine rings is 1. The minimum absolute atomic E-state index is 0.0567. The van der Waals surface area contributed by atoms with E-state index in [9.17, 15) is 14.4 Å². The highest BCUT2D eigenvalue weighted by atomic mass is 16.6. The SMILES string of the molecule is O=C(Nc1ccc2c(c1)OCCO2)C(=O)c1cn(CC(=O)N2CCOCC2)c2ccccc12. The number of carbonyl (C=O) groups is 3. The van der Waals surface area contributed by atoms with Crippen LogP contribution in [0.25, 0.3) is 10.9 Å². The van der Waals surface area contributed by atoms with Crippen LogP contribution in [0.1, 0.15) is 10.4 Å². The maximum Gasteiger partial charge on any atom is 0.296 e. The molecule has 33 heavy (non-hydrogen) atoms. The molecule has 170 valence electrons. The standard InChI is InChI=1S/C24H23N3O6/c28-22(26-7-9-31-10-8-26)15-27-14-18(17-3-1-2-4-19(17)27)23(29)24(30)25-16-5-6-20-21(13-16)33-12-11-32-20/h1-6,13-14H,7-12,15H2,(H,25,30). The first-order valence-electron chi connectivity index (χ1n) is 10.8. The molecule has 1 N–H and O–H groups in total. The number of fused-ring (bicyclic) bond motifs is 2. The van der Waals surface area contributed by atoms with Gasteiger partial charge < -0.3 is 29.0 Å². The summed E-state index contributed by atoms with van der Waals surface area (Å²) in [6, 6.07) is 12.2. The molecule has 0 spiro atoms. The lowest BCUT2D eigenvalue weighted by Crippen LogP contribution is -2.42. The van der Waals surface area contributed by atoms with Gasteiger partial charge in [-0.25, -0.2) is 0 Å². The number of anilines is 1. The quantitative estimate of drug-likeness (QED) is 0.473. The van der Waals surface area contributed by atoms with Gasteiger partial charge in [-0.15, -0.1) is 0 Å². The molecule has 0 unspecified atom stereocenters. The van der Waals surface area contributed by atoms with Crippen molar-refractivity contribution in [3.05, 3.63) is 54.2 Å². The van der Waals surface area contributed by atoms with Gasteiger partial charge in [0.2, 0.25) is 5.91 Å². The van der Waals surface area contributed by atoms with Crippen molar-refractivity contribution in [3.63, 3.8) is 0 Å². The zero-order valence-corrected chi connectivity index (χ0v) is 17.9. The molecule has 0 radical (unpaired) electrons. The second kappa shape index (κ2) is 8.95. The average molecular weight is 449 g/mol. The molecule has 3 aromatic rings. The van der Waals surface area contributed by atoms with Crippen LogP contribution in [0, 0.1) is 0 Å². The van der Waals surface area contributed by atoms with Crippen molar-refractivity contribution in [2.75, 3.05) is 44.8 Å². The van der Waals surface area contributed by atoms with E-state index in [1.165, 1.54) is 0 Å². The van der Waals surface area contributed by atoms with Gasteiger partial charge in [0.1, 0.15) is 19.8 Å². The molecule has 1 aromatic heterocycles. The number of ether oxygens (including phenoxy) is 3. The summed E-state index contributed by atoms with van der Waals surface area (Å²) in [6.45, 7) is 3.09. The van der Waals surface area contributed by atoms with Crippen LogP contribution in [0.5, 0.6) is 11.5 Å². The van der Waals surface area contributed by atoms with Crippen molar-refractivity contribution in [2.45, 2.75) is 6.54 Å². The number of nitrogens with one attached hydrogen (secondary N) is 1. The number of aromatic nitrogens is 1. The molecule has 9 heteroatoms. The van der Waals surface area contributed by atoms with Crippen molar-refractivity contribution in [1.82, 2.24) is 9.47 Å². The van der Waals surface area contributed by atoms with Crippen LogP contribution in [0.15, 0.2) is 48.7 Å². The van der Waals surface area contributed by atoms with E-state index in [2.05, 4.69) is 5.32 Å². The molecule has 3 heterocycles. The maximum absolute atomic E-state index is 13.1. The molecular weight excluding hydrogens is 426 g/mol. The van der Waals surface area contributed by atoms with Crippen molar-refractivity contribution in [3.8, 4) is 11.5 Å². The van der Waals surface area contributed by atoms with E-state index in [-0.39, 0.29) is 18.0 Å². The van der Waals surface area contributed by atoms with Crippen molar-refractivity contribution >= 4 is 34.2 Å². The number of Topliss-reactive ketones (excluding diaryl/α,β-unsaturated/α-hetero) is 1. The van der Waals surface area contributed by atoms with E-state index in [0.29, 0.717) is 62.1 Å². The number of benzene rings is 2. The Morgan fingerprint density at radius 3 is 2.48 bits per heavy atom. The highest BCUT2D eigenvalue weighted by molar-refractivity contribution is 6.48. The molecule has 9 nitrogen and oxygen atoms in total. The molecule has 0 saturated carbocycles. The minimum atomic E-state index is -0.769. The highest BCUT2D eigenvalue weighted by Gasteiger charge is 2.24. The topological polar surface area (TPSA) is 99.1 Å². The van der Waals surface area contributed by atoms with Gasteiger partial charge in [-0.05, 0) is 18.2 Å². The van der Waals surface area contributed by atoms with E-state index in [1.807, 2.05) is 12.1 Å². The lowest BCUT2D eigenvalue weighted by atomic mass is 10.1. The molecule has 5 rings (SSSR count). The summed E-state index contributed by atoms with van der Waals surface area (Å²) in [7, 11) is 0. The minimum Gasteiger partial charge on any atom is -0.486 e. The normalized spacial score (nSPS) is 15.3. The Kier molecular flexibility index (Phi) is 5.70. The van der Waals surface area contributed by atoms with Gasteiger partial charge in [0, 0.05) is 41.9 Å². The number of ketones is 1. The Labute approximate surface area is 189 Å². The summed E-state index contributed by atoms with van der Waals surface area (Å²) in [6.07, 6.45) is 1.58. The van der Waals surface area contributed by atoms with E-state index < -0.39 is 11.7 Å². The molecule has 1 saturated heterocycles. The highest BCUT2D eigenvalue weighted by Crippen LogP contribution is 2.32. The average Bonchev–Trinajstić information content (AvgIpc) is 3.22. The molecule has 2 aromatic carbocycles. The molecule has 0 bridgehead atoms. The van der Waals surface area contributed by atoms with Crippen molar-refractivity contribution < 1.29 is 28.6 Å². The Morgan fingerprint density at radius 2 is 1.67 bits per heavy atom. The summed E-state index contributed by atoms with van der Waals surface area (Å²) >= 11 is 0. The number of hydrogen-bond donors (Lipinski definition) is 1. The summed E-state index contributed by atoms with van der Waals surface area (Å²) in [5, 5.41) is 3.25. The van der Waals surface area contributed by atoms with Crippen molar-refractivity contribution in [2.24, 2.45) is 0 Å². The third-order valence-electron chi connectivity index (χ3n) is 5.71. The zero-order chi connectivity index (χ0) is 22.8. The lowest BCUT2D eigenvalue weighted by Gasteiger charge is -2.27. The van der Waals surface area contributed by atoms with E-state index >= 15 is 0 Å². The number of amides is 2. The first-order chi connectivity index (χ1) is 16.1. The molecule has 0 atom stereocenters. The van der Waals surface area contributed by atoms with Gasteiger partial charge in [-0.2, -0.15) is 0 Å². The first-order valence-corrected chi connectivity index (χ1v) is 10.8. The fourth-order valence-corrected chi connectivity index (χ4v) is 4.05. The fourth-order valence-electron chi connectivity index (χ4n) is 4.05. The molecule has 2 aliphatic heterocycles. The van der Waals surface area contributed by atoms with Crippen molar-refractivity contribution in [1.29, 1.82) is 0 Å². The Balaban J connectivity index is 1.37. The number of nitrogens with zero attached hydrogens (tertiary/aromatic N) is 2. The van der Waals surface area contributed by atoms with Crippen LogP contribution in [0.2, 0.25) is 0 Å². The predicted molar refractivity (Wildman–Crippen MR) is 120 cm³/mol. The Hall–Kier alpha value is -3.85. The maximum atomic E-state index is 13.1. The summed E-state index contributed by atoms with van der Waals surface area (Å²) in [4.78, 5) is 40.3. The number of hydrogen-bond acceptors (Lipinski definition) is 6. The van der Waals surface area contributed by atoms with Crippen LogP contribution in [0.3, 0.4) is 0 Å². The summed E-state index contributed by atoms with van der Waals surface area (Å²) in [5.41, 5.74) is 1.40. The third kappa shape index (κ3) is 4.27. The Morgan fingerprint density at radius 1 is 0.909 bits per heavy atom. The molecule has 1 fully saturated rings. The van der Waals surface area contributed by atoms with E-state index in [1.54, 1.807) is 46.0 Å². The van der Waals surface area contributed by atoms with Gasteiger partial charge >= 0.3 is 0 Å². The third-order valence-corrected chi connectivity index (χ3v) is 5.71. The summed E-state index contributed by atoms with van der Waals surface area (Å²) < 4.78 is 18.0. The fraction of sp³-hybridized carbons (Fsp3) is 0.292. The van der Waals surface area contributed by atoms with E-state index in [4.69, 9.17) is 14.2 Å². The first kappa shape index (κ1) is 21.0. The van der Waals surface area contributed by atoms with Crippen LogP contribution in [-0.4, -0.2) is 66.6 Å². The molecule has 2 amide bonds. The number of carbonyl (C=O) groups excluding carboxylic acids is 3. The largest absolute Gasteiger partial charge is 0.486 e. The second-order valence-corrected chi connectivity index (χ2v) is 7.82. The Bertz CT molecular complexity index is 1230. The monoisotopic (exact) mass is 449 g/mol. The molecule has 0 aliphatic carbocycles. The van der Waals surface area contributed by atoms with Gasteiger partial charge in [-0.1, -0.05) is 18.2 Å². The molecule has 2 aliphatic rings. The van der Waals surface area contributed by atoms with Crippen LogP contribution < -0.4 is 14.8 Å².